The number of halogens is 4. The van der Waals surface area contributed by atoms with Gasteiger partial charge in [0, 0.05) is 11.8 Å². The van der Waals surface area contributed by atoms with Gasteiger partial charge < -0.3 is 0 Å². The zero-order valence-electron chi connectivity index (χ0n) is 14.6. The number of hydrazine groups is 1. The molecule has 3 aromatic rings. The molecule has 0 unspecified atom stereocenters. The van der Waals surface area contributed by atoms with Crippen LogP contribution in [0.5, 0.6) is 0 Å². The van der Waals surface area contributed by atoms with Crippen molar-refractivity contribution in [2.45, 2.75) is 6.18 Å². The monoisotopic (exact) mass is 403 g/mol. The standard InChI is InChI=1S/C20H13F4N3O2/c21-14-6-8-15(9-7-14)26-27-19(29)16-5-2-10-25-17(16)18(28)12-3-1-4-13(11-12)20(22,23)24/h1-11,26H,(H,27,29). The first-order chi connectivity index (χ1) is 13.8. The molecule has 148 valence electrons. The number of pyridine rings is 1. The molecule has 2 N–H and O–H groups in total. The fourth-order valence-corrected chi connectivity index (χ4v) is 2.47. The van der Waals surface area contributed by atoms with Crippen LogP contribution in [-0.4, -0.2) is 16.7 Å². The van der Waals surface area contributed by atoms with Crippen molar-refractivity contribution in [3.8, 4) is 0 Å². The maximum absolute atomic E-state index is 12.9. The van der Waals surface area contributed by atoms with E-state index in [1.54, 1.807) is 0 Å². The number of alkyl halides is 3. The molecule has 0 bridgehead atoms. The Labute approximate surface area is 162 Å². The number of anilines is 1. The highest BCUT2D eigenvalue weighted by Gasteiger charge is 2.31. The summed E-state index contributed by atoms with van der Waals surface area (Å²) >= 11 is 0. The minimum absolute atomic E-state index is 0.135. The maximum Gasteiger partial charge on any atom is 0.416 e. The highest BCUT2D eigenvalue weighted by Crippen LogP contribution is 2.30. The Balaban J connectivity index is 1.83. The van der Waals surface area contributed by atoms with E-state index in [-0.39, 0.29) is 16.8 Å². The van der Waals surface area contributed by atoms with Gasteiger partial charge in [0.05, 0.1) is 16.8 Å². The Hall–Kier alpha value is -3.75. The van der Waals surface area contributed by atoms with Crippen LogP contribution in [0.2, 0.25) is 0 Å². The van der Waals surface area contributed by atoms with Crippen LogP contribution in [0.1, 0.15) is 32.0 Å². The van der Waals surface area contributed by atoms with Gasteiger partial charge in [-0.3, -0.25) is 25.4 Å². The molecule has 0 spiro atoms. The van der Waals surface area contributed by atoms with Crippen LogP contribution < -0.4 is 10.9 Å². The van der Waals surface area contributed by atoms with Crippen molar-refractivity contribution in [3.05, 3.63) is 95.1 Å². The van der Waals surface area contributed by atoms with Crippen LogP contribution in [0.3, 0.4) is 0 Å². The normalized spacial score (nSPS) is 11.0. The minimum Gasteiger partial charge on any atom is -0.298 e. The van der Waals surface area contributed by atoms with Crippen molar-refractivity contribution in [3.63, 3.8) is 0 Å². The summed E-state index contributed by atoms with van der Waals surface area (Å²) in [5.41, 5.74) is 3.60. The highest BCUT2D eigenvalue weighted by molar-refractivity contribution is 6.14. The Bertz CT molecular complexity index is 1050. The molecular formula is C20H13F4N3O2. The molecule has 0 aliphatic heterocycles. The van der Waals surface area contributed by atoms with Crippen molar-refractivity contribution >= 4 is 17.4 Å². The van der Waals surface area contributed by atoms with E-state index in [1.807, 2.05) is 0 Å². The molecule has 0 radical (unpaired) electrons. The second kappa shape index (κ2) is 8.09. The van der Waals surface area contributed by atoms with Crippen LogP contribution in [0.15, 0.2) is 66.9 Å². The fourth-order valence-electron chi connectivity index (χ4n) is 2.47. The minimum atomic E-state index is -4.61. The number of carbonyl (C=O) groups excluding carboxylic acids is 2. The number of rotatable bonds is 5. The van der Waals surface area contributed by atoms with Crippen molar-refractivity contribution in [1.82, 2.24) is 10.4 Å². The lowest BCUT2D eigenvalue weighted by atomic mass is 10.0. The number of benzene rings is 2. The molecule has 5 nitrogen and oxygen atoms in total. The van der Waals surface area contributed by atoms with Gasteiger partial charge in [-0.25, -0.2) is 4.39 Å². The Kier molecular flexibility index (Phi) is 5.58. The van der Waals surface area contributed by atoms with E-state index < -0.39 is 29.2 Å². The summed E-state index contributed by atoms with van der Waals surface area (Å²) in [6.45, 7) is 0. The zero-order valence-corrected chi connectivity index (χ0v) is 14.6. The summed E-state index contributed by atoms with van der Waals surface area (Å²) in [5, 5.41) is 0. The number of nitrogens with one attached hydrogen (secondary N) is 2. The van der Waals surface area contributed by atoms with Gasteiger partial charge in [-0.15, -0.1) is 0 Å². The van der Waals surface area contributed by atoms with Gasteiger partial charge in [0.1, 0.15) is 11.5 Å². The van der Waals surface area contributed by atoms with E-state index in [4.69, 9.17) is 0 Å². The van der Waals surface area contributed by atoms with E-state index >= 15 is 0 Å². The first-order valence-electron chi connectivity index (χ1n) is 8.24. The number of amides is 1. The molecule has 0 saturated heterocycles. The van der Waals surface area contributed by atoms with E-state index in [0.29, 0.717) is 11.8 Å². The number of hydrogen-bond donors (Lipinski definition) is 2. The molecule has 0 aliphatic carbocycles. The summed E-state index contributed by atoms with van der Waals surface area (Å²) in [6.07, 6.45) is -3.36. The SMILES string of the molecule is O=C(NNc1ccc(F)cc1)c1cccnc1C(=O)c1cccc(C(F)(F)F)c1. The van der Waals surface area contributed by atoms with Gasteiger partial charge in [-0.2, -0.15) is 13.2 Å². The Morgan fingerprint density at radius 2 is 1.66 bits per heavy atom. The predicted molar refractivity (Wildman–Crippen MR) is 96.6 cm³/mol. The lowest BCUT2D eigenvalue weighted by Gasteiger charge is -2.12. The van der Waals surface area contributed by atoms with Gasteiger partial charge in [0.2, 0.25) is 5.78 Å². The molecule has 1 aromatic heterocycles. The molecule has 0 atom stereocenters. The number of nitrogens with zero attached hydrogens (tertiary/aromatic N) is 1. The molecule has 2 aromatic carbocycles. The van der Waals surface area contributed by atoms with Crippen molar-refractivity contribution in [2.24, 2.45) is 0 Å². The number of hydrogen-bond acceptors (Lipinski definition) is 4. The number of ketones is 1. The van der Waals surface area contributed by atoms with Gasteiger partial charge in [0.15, 0.2) is 0 Å². The van der Waals surface area contributed by atoms with Crippen LogP contribution in [0.25, 0.3) is 0 Å². The molecular weight excluding hydrogens is 390 g/mol. The molecule has 0 fully saturated rings. The summed E-state index contributed by atoms with van der Waals surface area (Å²) < 4.78 is 51.6. The van der Waals surface area contributed by atoms with E-state index in [0.717, 1.165) is 12.1 Å². The van der Waals surface area contributed by atoms with Gasteiger partial charge in [0.25, 0.3) is 5.91 Å². The maximum atomic E-state index is 12.9. The molecule has 0 saturated carbocycles. The smallest absolute Gasteiger partial charge is 0.298 e. The van der Waals surface area contributed by atoms with Crippen LogP contribution in [-0.2, 0) is 6.18 Å². The van der Waals surface area contributed by atoms with E-state index in [9.17, 15) is 27.2 Å². The molecule has 1 heterocycles. The predicted octanol–water partition coefficient (Wildman–Crippen LogP) is 4.23. The second-order valence-corrected chi connectivity index (χ2v) is 5.89. The first-order valence-corrected chi connectivity index (χ1v) is 8.24. The van der Waals surface area contributed by atoms with Gasteiger partial charge in [-0.05, 0) is 48.5 Å². The summed E-state index contributed by atoms with van der Waals surface area (Å²) in [5.74, 6) is -2.02. The third-order valence-corrected chi connectivity index (χ3v) is 3.88. The van der Waals surface area contributed by atoms with Gasteiger partial charge in [-0.1, -0.05) is 12.1 Å². The van der Waals surface area contributed by atoms with Crippen LogP contribution >= 0.6 is 0 Å². The molecule has 1 amide bonds. The first kappa shape index (κ1) is 20.0. The van der Waals surface area contributed by atoms with E-state index in [1.165, 1.54) is 48.7 Å². The number of aromatic nitrogens is 1. The molecule has 9 heteroatoms. The zero-order chi connectivity index (χ0) is 21.0. The topological polar surface area (TPSA) is 71.1 Å². The fraction of sp³-hybridized carbons (Fsp3) is 0.0500. The van der Waals surface area contributed by atoms with Crippen molar-refractivity contribution in [2.75, 3.05) is 5.43 Å². The summed E-state index contributed by atoms with van der Waals surface area (Å²) in [7, 11) is 0. The average Bonchev–Trinajstić information content (AvgIpc) is 2.72. The molecule has 3 rings (SSSR count). The van der Waals surface area contributed by atoms with Gasteiger partial charge >= 0.3 is 6.18 Å². The third-order valence-electron chi connectivity index (χ3n) is 3.88. The highest BCUT2D eigenvalue weighted by atomic mass is 19.4. The quantitative estimate of drug-likeness (QED) is 0.380. The average molecular weight is 403 g/mol. The second-order valence-electron chi connectivity index (χ2n) is 5.89. The van der Waals surface area contributed by atoms with Crippen LogP contribution in [0.4, 0.5) is 23.2 Å². The number of carbonyl (C=O) groups is 2. The molecule has 0 aliphatic rings. The Morgan fingerprint density at radius 1 is 0.931 bits per heavy atom. The summed E-state index contributed by atoms with van der Waals surface area (Å²) in [4.78, 5) is 29.0. The lowest BCUT2D eigenvalue weighted by molar-refractivity contribution is -0.137. The Morgan fingerprint density at radius 3 is 2.34 bits per heavy atom. The van der Waals surface area contributed by atoms with Crippen molar-refractivity contribution in [1.29, 1.82) is 0 Å². The summed E-state index contributed by atoms with van der Waals surface area (Å²) in [6, 6.07) is 11.7. The van der Waals surface area contributed by atoms with E-state index in [2.05, 4.69) is 15.8 Å². The third kappa shape index (κ3) is 4.75. The van der Waals surface area contributed by atoms with Crippen LogP contribution in [0, 0.1) is 5.82 Å². The lowest BCUT2D eigenvalue weighted by Crippen LogP contribution is -2.31. The largest absolute Gasteiger partial charge is 0.416 e. The molecule has 29 heavy (non-hydrogen) atoms. The van der Waals surface area contributed by atoms with Crippen molar-refractivity contribution < 1.29 is 27.2 Å².